The fraction of sp³-hybridized carbons (Fsp3) is 0.438. The number of hydrogen-bond donors (Lipinski definition) is 2. The fourth-order valence-electron chi connectivity index (χ4n) is 5.25. The standard InChI is InChI=1S/C32H41N5O4/c1-36-14-11-25(12-15-36)34-32(38)35-28-21-26(10-9-24-7-4-3-5-8-24)33-29-23-30(39-2)31(22-27(28)29)41-18-6-13-37-16-19-40-20-17-37/h3-5,7-10,21-23,25H,6,11-20H2,1-2H3,(H2,33,34,35,38)/b10-9+. The maximum Gasteiger partial charge on any atom is 0.319 e. The highest BCUT2D eigenvalue weighted by atomic mass is 16.5. The molecular formula is C32H41N5O4. The summed E-state index contributed by atoms with van der Waals surface area (Å²) in [6.07, 6.45) is 6.74. The molecule has 218 valence electrons. The molecule has 1 aromatic heterocycles. The van der Waals surface area contributed by atoms with Gasteiger partial charge in [0.05, 0.1) is 43.8 Å². The van der Waals surface area contributed by atoms with Crippen molar-refractivity contribution in [2.45, 2.75) is 25.3 Å². The van der Waals surface area contributed by atoms with Crippen LogP contribution in [-0.2, 0) is 4.74 Å². The number of piperidine rings is 1. The number of aromatic nitrogens is 1. The zero-order valence-electron chi connectivity index (χ0n) is 24.1. The van der Waals surface area contributed by atoms with Crippen LogP contribution in [0.1, 0.15) is 30.5 Å². The van der Waals surface area contributed by atoms with Crippen LogP contribution in [0.25, 0.3) is 23.1 Å². The molecule has 9 nitrogen and oxygen atoms in total. The zero-order chi connectivity index (χ0) is 28.4. The first kappa shape index (κ1) is 28.9. The fourth-order valence-corrected chi connectivity index (χ4v) is 5.25. The normalized spacial score (nSPS) is 17.1. The molecule has 0 unspecified atom stereocenters. The second-order valence-corrected chi connectivity index (χ2v) is 10.7. The van der Waals surface area contributed by atoms with E-state index in [1.807, 2.05) is 60.7 Å². The summed E-state index contributed by atoms with van der Waals surface area (Å²) in [6, 6.07) is 15.7. The van der Waals surface area contributed by atoms with Crippen molar-refractivity contribution >= 4 is 34.8 Å². The second-order valence-electron chi connectivity index (χ2n) is 10.7. The molecule has 0 aliphatic carbocycles. The minimum atomic E-state index is -0.214. The Hall–Kier alpha value is -3.66. The van der Waals surface area contributed by atoms with Gasteiger partial charge >= 0.3 is 6.03 Å². The van der Waals surface area contributed by atoms with Gasteiger partial charge in [0.1, 0.15) is 0 Å². The molecule has 41 heavy (non-hydrogen) atoms. The molecule has 0 spiro atoms. The summed E-state index contributed by atoms with van der Waals surface area (Å²) in [4.78, 5) is 22.7. The highest BCUT2D eigenvalue weighted by Crippen LogP contribution is 2.36. The number of urea groups is 1. The maximum absolute atomic E-state index is 13.1. The number of nitrogens with zero attached hydrogens (tertiary/aromatic N) is 3. The van der Waals surface area contributed by atoms with E-state index in [9.17, 15) is 4.79 Å². The molecule has 0 saturated carbocycles. The summed E-state index contributed by atoms with van der Waals surface area (Å²) in [5, 5.41) is 7.06. The monoisotopic (exact) mass is 559 g/mol. The van der Waals surface area contributed by atoms with Crippen molar-refractivity contribution in [1.82, 2.24) is 20.1 Å². The number of rotatable bonds is 10. The number of methoxy groups -OCH3 is 1. The van der Waals surface area contributed by atoms with Crippen LogP contribution in [0.15, 0.2) is 48.5 Å². The first-order valence-electron chi connectivity index (χ1n) is 14.5. The van der Waals surface area contributed by atoms with Crippen LogP contribution in [-0.4, -0.2) is 93.6 Å². The van der Waals surface area contributed by atoms with Crippen molar-refractivity contribution in [3.05, 3.63) is 59.8 Å². The van der Waals surface area contributed by atoms with Gasteiger partial charge in [-0.25, -0.2) is 9.78 Å². The van der Waals surface area contributed by atoms with E-state index >= 15 is 0 Å². The summed E-state index contributed by atoms with van der Waals surface area (Å²) < 4.78 is 17.3. The number of fused-ring (bicyclic) bond motifs is 1. The number of likely N-dealkylation sites (tertiary alicyclic amines) is 1. The first-order valence-corrected chi connectivity index (χ1v) is 14.5. The van der Waals surface area contributed by atoms with Gasteiger partial charge in [0.2, 0.25) is 0 Å². The van der Waals surface area contributed by atoms with Crippen LogP contribution in [0.5, 0.6) is 11.5 Å². The lowest BCUT2D eigenvalue weighted by atomic mass is 10.1. The van der Waals surface area contributed by atoms with Gasteiger partial charge in [-0.05, 0) is 63.2 Å². The third kappa shape index (κ3) is 8.19. The van der Waals surface area contributed by atoms with E-state index < -0.39 is 0 Å². The van der Waals surface area contributed by atoms with Crippen molar-refractivity contribution < 1.29 is 19.0 Å². The van der Waals surface area contributed by atoms with Crippen molar-refractivity contribution in [2.75, 3.05) is 72.0 Å². The minimum Gasteiger partial charge on any atom is -0.493 e. The van der Waals surface area contributed by atoms with Crippen LogP contribution in [0.2, 0.25) is 0 Å². The topological polar surface area (TPSA) is 88.2 Å². The van der Waals surface area contributed by atoms with Gasteiger partial charge in [0, 0.05) is 37.1 Å². The Labute approximate surface area is 242 Å². The van der Waals surface area contributed by atoms with E-state index in [0.717, 1.165) is 81.8 Å². The number of benzene rings is 2. The van der Waals surface area contributed by atoms with E-state index in [2.05, 4.69) is 27.5 Å². The Balaban J connectivity index is 1.37. The van der Waals surface area contributed by atoms with Crippen LogP contribution < -0.4 is 20.1 Å². The second kappa shape index (κ2) is 14.3. The van der Waals surface area contributed by atoms with E-state index in [1.54, 1.807) is 7.11 Å². The van der Waals surface area contributed by atoms with Crippen LogP contribution in [0.4, 0.5) is 10.5 Å². The summed E-state index contributed by atoms with van der Waals surface area (Å²) in [7, 11) is 3.75. The molecule has 0 bridgehead atoms. The van der Waals surface area contributed by atoms with Crippen molar-refractivity contribution in [3.8, 4) is 11.5 Å². The van der Waals surface area contributed by atoms with E-state index in [0.29, 0.717) is 29.3 Å². The number of ether oxygens (including phenoxy) is 3. The molecule has 2 fully saturated rings. The number of carbonyl (C=O) groups is 1. The summed E-state index contributed by atoms with van der Waals surface area (Å²) >= 11 is 0. The van der Waals surface area contributed by atoms with Crippen molar-refractivity contribution in [2.24, 2.45) is 0 Å². The van der Waals surface area contributed by atoms with E-state index in [-0.39, 0.29) is 12.1 Å². The smallest absolute Gasteiger partial charge is 0.319 e. The molecule has 2 amide bonds. The lowest BCUT2D eigenvalue weighted by molar-refractivity contribution is 0.0357. The Morgan fingerprint density at radius 1 is 1.05 bits per heavy atom. The molecule has 0 atom stereocenters. The molecule has 3 heterocycles. The van der Waals surface area contributed by atoms with Gasteiger partial charge in [-0.2, -0.15) is 0 Å². The Bertz CT molecular complexity index is 1320. The zero-order valence-corrected chi connectivity index (χ0v) is 24.1. The number of pyridine rings is 1. The number of hydrogen-bond acceptors (Lipinski definition) is 7. The van der Waals surface area contributed by atoms with Gasteiger partial charge in [-0.15, -0.1) is 0 Å². The predicted octanol–water partition coefficient (Wildman–Crippen LogP) is 4.73. The number of anilines is 1. The highest BCUT2D eigenvalue weighted by molar-refractivity contribution is 6.02. The lowest BCUT2D eigenvalue weighted by Crippen LogP contribution is -2.44. The largest absolute Gasteiger partial charge is 0.493 e. The Morgan fingerprint density at radius 2 is 1.83 bits per heavy atom. The van der Waals surface area contributed by atoms with E-state index in [1.165, 1.54) is 0 Å². The van der Waals surface area contributed by atoms with Gasteiger partial charge in [-0.3, -0.25) is 4.90 Å². The predicted molar refractivity (Wildman–Crippen MR) is 164 cm³/mol. The average molecular weight is 560 g/mol. The Morgan fingerprint density at radius 3 is 2.59 bits per heavy atom. The number of amides is 2. The number of carbonyl (C=O) groups excluding carboxylic acids is 1. The summed E-state index contributed by atoms with van der Waals surface area (Å²) in [5.41, 5.74) is 3.20. The highest BCUT2D eigenvalue weighted by Gasteiger charge is 2.20. The molecule has 2 aromatic carbocycles. The Kier molecular flexibility index (Phi) is 10.1. The van der Waals surface area contributed by atoms with Gasteiger partial charge in [0.25, 0.3) is 0 Å². The molecule has 2 aliphatic heterocycles. The molecule has 2 aliphatic rings. The third-order valence-electron chi connectivity index (χ3n) is 7.64. The molecular weight excluding hydrogens is 518 g/mol. The molecule has 2 N–H and O–H groups in total. The van der Waals surface area contributed by atoms with Crippen molar-refractivity contribution in [3.63, 3.8) is 0 Å². The SMILES string of the molecule is COc1cc2nc(/C=C/c3ccccc3)cc(NC(=O)NC3CCN(C)CC3)c2cc1OCCCN1CCOCC1. The quantitative estimate of drug-likeness (QED) is 0.347. The first-order chi connectivity index (χ1) is 20.1. The average Bonchev–Trinajstić information content (AvgIpc) is 3.00. The summed E-state index contributed by atoms with van der Waals surface area (Å²) in [6.45, 7) is 6.96. The molecule has 3 aromatic rings. The number of nitrogens with one attached hydrogen (secondary N) is 2. The van der Waals surface area contributed by atoms with Gasteiger partial charge < -0.3 is 29.7 Å². The minimum absolute atomic E-state index is 0.155. The summed E-state index contributed by atoms with van der Waals surface area (Å²) in [5.74, 6) is 1.25. The third-order valence-corrected chi connectivity index (χ3v) is 7.64. The maximum atomic E-state index is 13.1. The lowest BCUT2D eigenvalue weighted by Gasteiger charge is -2.29. The van der Waals surface area contributed by atoms with E-state index in [4.69, 9.17) is 19.2 Å². The van der Waals surface area contributed by atoms with Crippen molar-refractivity contribution in [1.29, 1.82) is 0 Å². The molecule has 0 radical (unpaired) electrons. The van der Waals surface area contributed by atoms with Gasteiger partial charge in [0.15, 0.2) is 11.5 Å². The molecule has 9 heteroatoms. The van der Waals surface area contributed by atoms with Gasteiger partial charge in [-0.1, -0.05) is 36.4 Å². The van der Waals surface area contributed by atoms with Crippen LogP contribution >= 0.6 is 0 Å². The molecule has 2 saturated heterocycles. The number of morpholine rings is 1. The van der Waals surface area contributed by atoms with Crippen LogP contribution in [0, 0.1) is 0 Å². The molecule has 5 rings (SSSR count). The van der Waals surface area contributed by atoms with Crippen LogP contribution in [0.3, 0.4) is 0 Å².